The third-order valence-electron chi connectivity index (χ3n) is 3.42. The predicted molar refractivity (Wildman–Crippen MR) is 90.4 cm³/mol. The van der Waals surface area contributed by atoms with Crippen LogP contribution in [0.25, 0.3) is 5.57 Å². The number of thioether (sulfide) groups is 1. The van der Waals surface area contributed by atoms with Crippen molar-refractivity contribution in [3.05, 3.63) is 46.9 Å². The summed E-state index contributed by atoms with van der Waals surface area (Å²) in [6.45, 7) is 1.12. The number of hydrogen-bond acceptors (Lipinski definition) is 4. The lowest BCUT2D eigenvalue weighted by atomic mass is 9.97. The van der Waals surface area contributed by atoms with Gasteiger partial charge in [0.25, 0.3) is 0 Å². The summed E-state index contributed by atoms with van der Waals surface area (Å²) in [5, 5.41) is 5.61. The molecule has 0 radical (unpaired) electrons. The molecule has 4 nitrogen and oxygen atoms in total. The minimum atomic E-state index is -5.84. The van der Waals surface area contributed by atoms with Gasteiger partial charge in [-0.1, -0.05) is 18.2 Å². The number of hydrogen-bond donors (Lipinski definition) is 2. The maximum atomic E-state index is 10.7. The maximum absolute atomic E-state index is 10.7. The molecule has 0 fully saturated rings. The first-order chi connectivity index (χ1) is 11.2. The fourth-order valence-corrected chi connectivity index (χ4v) is 2.98. The van der Waals surface area contributed by atoms with E-state index < -0.39 is 15.6 Å². The molecule has 0 unspecified atom stereocenters. The zero-order valence-corrected chi connectivity index (χ0v) is 14.1. The smallest absolute Gasteiger partial charge is 0.385 e. The van der Waals surface area contributed by atoms with Gasteiger partial charge in [0.15, 0.2) is 0 Å². The molecule has 2 N–H and O–H groups in total. The number of rotatable bonds is 1. The monoisotopic (exact) mass is 379 g/mol. The second-order valence-corrected chi connectivity index (χ2v) is 7.46. The van der Waals surface area contributed by atoms with Gasteiger partial charge < -0.3 is 5.32 Å². The van der Waals surface area contributed by atoms with Crippen molar-refractivity contribution in [2.24, 2.45) is 0 Å². The van der Waals surface area contributed by atoms with Crippen LogP contribution in [0.4, 0.5) is 18.9 Å². The third-order valence-corrected chi connectivity index (χ3v) is 4.83. The molecule has 0 amide bonds. The molecular formula is C15H16F3NO3S2. The number of alkyl halides is 3. The largest absolute Gasteiger partial charge is 0.522 e. The Hall–Kier alpha value is -1.45. The van der Waals surface area contributed by atoms with Crippen molar-refractivity contribution in [2.75, 3.05) is 17.6 Å². The van der Waals surface area contributed by atoms with Crippen molar-refractivity contribution < 1.29 is 26.1 Å². The molecule has 1 aromatic carbocycles. The van der Waals surface area contributed by atoms with E-state index in [2.05, 4.69) is 41.1 Å². The minimum absolute atomic E-state index is 1.10. The van der Waals surface area contributed by atoms with Gasteiger partial charge in [-0.25, -0.2) is 0 Å². The van der Waals surface area contributed by atoms with E-state index in [9.17, 15) is 13.2 Å². The molecule has 0 spiro atoms. The number of nitrogens with one attached hydrogen (secondary N) is 1. The van der Waals surface area contributed by atoms with Gasteiger partial charge >= 0.3 is 15.6 Å². The van der Waals surface area contributed by atoms with E-state index in [0.717, 1.165) is 12.3 Å². The van der Waals surface area contributed by atoms with Crippen molar-refractivity contribution >= 4 is 33.1 Å². The van der Waals surface area contributed by atoms with Crippen molar-refractivity contribution in [1.82, 2.24) is 0 Å². The Kier molecular flexibility index (Phi) is 6.00. The van der Waals surface area contributed by atoms with E-state index in [-0.39, 0.29) is 0 Å². The Morgan fingerprint density at radius 2 is 1.96 bits per heavy atom. The second-order valence-electron chi connectivity index (χ2n) is 5.15. The topological polar surface area (TPSA) is 66.4 Å². The van der Waals surface area contributed by atoms with E-state index in [1.54, 1.807) is 0 Å². The molecule has 2 heterocycles. The van der Waals surface area contributed by atoms with Crippen LogP contribution in [-0.4, -0.2) is 30.8 Å². The number of anilines is 1. The summed E-state index contributed by atoms with van der Waals surface area (Å²) in [4.78, 5) is 0. The number of halogens is 3. The van der Waals surface area contributed by atoms with Crippen LogP contribution in [0, 0.1) is 0 Å². The number of aryl methyl sites for hydroxylation is 1. The van der Waals surface area contributed by atoms with Crippen LogP contribution in [0.2, 0.25) is 0 Å². The standard InChI is InChI=1S/C14H15NS.CHF3O3S/c1-3-12-9-11(5-6-14(12)15-7-1)13-4-2-8-16-10-13;2-1(3,4)8(5,6)7/h2,4-6,8-9,15H,1,3,7,10H2;(H,5,6,7). The summed E-state index contributed by atoms with van der Waals surface area (Å²) in [6, 6.07) is 6.82. The molecule has 0 saturated heterocycles. The van der Waals surface area contributed by atoms with Gasteiger partial charge in [0, 0.05) is 18.0 Å². The van der Waals surface area contributed by atoms with Gasteiger partial charge in [-0.15, -0.1) is 11.8 Å². The van der Waals surface area contributed by atoms with Gasteiger partial charge in [-0.05, 0) is 47.1 Å². The van der Waals surface area contributed by atoms with Crippen LogP contribution in [0.1, 0.15) is 17.5 Å². The molecule has 9 heteroatoms. The molecule has 2 aliphatic rings. The van der Waals surface area contributed by atoms with Gasteiger partial charge in [0.1, 0.15) is 0 Å². The van der Waals surface area contributed by atoms with Gasteiger partial charge in [0.05, 0.1) is 0 Å². The first-order valence-corrected chi connectivity index (χ1v) is 9.55. The minimum Gasteiger partial charge on any atom is -0.385 e. The Bertz CT molecular complexity index is 756. The Balaban J connectivity index is 0.000000224. The summed E-state index contributed by atoms with van der Waals surface area (Å²) >= 11 is 1.87. The highest BCUT2D eigenvalue weighted by Gasteiger charge is 2.44. The molecule has 0 saturated carbocycles. The Labute approximate surface area is 142 Å². The molecule has 0 atom stereocenters. The summed E-state index contributed by atoms with van der Waals surface area (Å²) in [6.07, 6.45) is 6.84. The zero-order chi connectivity index (χ0) is 17.8. The summed E-state index contributed by atoms with van der Waals surface area (Å²) in [5.74, 6) is 1.10. The molecule has 0 aromatic heterocycles. The second kappa shape index (κ2) is 7.62. The summed E-state index contributed by atoms with van der Waals surface area (Å²) < 4.78 is 57.5. The lowest BCUT2D eigenvalue weighted by molar-refractivity contribution is -0.0510. The summed E-state index contributed by atoms with van der Waals surface area (Å²) in [5.41, 5.74) is 0.103. The Morgan fingerprint density at radius 3 is 2.54 bits per heavy atom. The normalized spacial score (nSPS) is 17.1. The van der Waals surface area contributed by atoms with Crippen LogP contribution >= 0.6 is 11.8 Å². The molecule has 2 aliphatic heterocycles. The summed E-state index contributed by atoms with van der Waals surface area (Å²) in [7, 11) is -5.84. The van der Waals surface area contributed by atoms with Gasteiger partial charge in [0.2, 0.25) is 0 Å². The van der Waals surface area contributed by atoms with E-state index in [0.29, 0.717) is 0 Å². The van der Waals surface area contributed by atoms with Crippen LogP contribution < -0.4 is 5.32 Å². The maximum Gasteiger partial charge on any atom is 0.522 e. The van der Waals surface area contributed by atoms with Crippen molar-refractivity contribution in [3.63, 3.8) is 0 Å². The van der Waals surface area contributed by atoms with Crippen LogP contribution in [0.3, 0.4) is 0 Å². The van der Waals surface area contributed by atoms with Gasteiger partial charge in [-0.2, -0.15) is 21.6 Å². The quantitative estimate of drug-likeness (QED) is 0.568. The first-order valence-electron chi connectivity index (χ1n) is 7.07. The predicted octanol–water partition coefficient (Wildman–Crippen LogP) is 4.08. The molecule has 132 valence electrons. The highest BCUT2D eigenvalue weighted by atomic mass is 32.2. The molecule has 0 aliphatic carbocycles. The lowest BCUT2D eigenvalue weighted by Gasteiger charge is -2.19. The average Bonchev–Trinajstić information content (AvgIpc) is 2.54. The SMILES string of the molecule is C1=CSCC(c2ccc3c(c2)CCCN3)=C1.O=S(=O)(O)C(F)(F)F. The number of benzene rings is 1. The highest BCUT2D eigenvalue weighted by molar-refractivity contribution is 8.02. The van der Waals surface area contributed by atoms with Crippen LogP contribution in [0.5, 0.6) is 0 Å². The number of fused-ring (bicyclic) bond motifs is 1. The van der Waals surface area contributed by atoms with Crippen LogP contribution in [0.15, 0.2) is 35.8 Å². The molecule has 0 bridgehead atoms. The fraction of sp³-hybridized carbons (Fsp3) is 0.333. The number of allylic oxidation sites excluding steroid dienone is 2. The van der Waals surface area contributed by atoms with Crippen molar-refractivity contribution in [2.45, 2.75) is 18.3 Å². The zero-order valence-electron chi connectivity index (χ0n) is 12.5. The first kappa shape index (κ1) is 18.9. The third kappa shape index (κ3) is 5.02. The van der Waals surface area contributed by atoms with Crippen molar-refractivity contribution in [1.29, 1.82) is 0 Å². The van der Waals surface area contributed by atoms with Gasteiger partial charge in [-0.3, -0.25) is 4.55 Å². The van der Waals surface area contributed by atoms with Crippen molar-refractivity contribution in [3.8, 4) is 0 Å². The molecule has 1 aromatic rings. The molecule has 3 rings (SSSR count). The average molecular weight is 379 g/mol. The van der Waals surface area contributed by atoms with E-state index in [4.69, 9.17) is 13.0 Å². The van der Waals surface area contributed by atoms with E-state index in [1.165, 1.54) is 35.2 Å². The molecule has 24 heavy (non-hydrogen) atoms. The van der Waals surface area contributed by atoms with Crippen LogP contribution in [-0.2, 0) is 16.5 Å². The fourth-order valence-electron chi connectivity index (χ4n) is 2.25. The molecular weight excluding hydrogens is 363 g/mol. The Morgan fingerprint density at radius 1 is 1.25 bits per heavy atom. The highest BCUT2D eigenvalue weighted by Crippen LogP contribution is 2.29. The van der Waals surface area contributed by atoms with E-state index in [1.807, 2.05) is 11.8 Å². The lowest BCUT2D eigenvalue weighted by Crippen LogP contribution is -2.21. The van der Waals surface area contributed by atoms with E-state index >= 15 is 0 Å².